The molecule has 7 heteroatoms. The summed E-state index contributed by atoms with van der Waals surface area (Å²) in [6, 6.07) is 19.8. The van der Waals surface area contributed by atoms with Gasteiger partial charge in [0.1, 0.15) is 11.6 Å². The second-order valence-electron chi connectivity index (χ2n) is 5.75. The third-order valence-corrected chi connectivity index (χ3v) is 4.70. The Labute approximate surface area is 175 Å². The molecular formula is C21H16FIN2O3. The van der Waals surface area contributed by atoms with Gasteiger partial charge in [0.25, 0.3) is 11.8 Å². The van der Waals surface area contributed by atoms with Crippen LogP contribution in [0, 0.1) is 9.39 Å². The molecule has 3 aromatic carbocycles. The summed E-state index contributed by atoms with van der Waals surface area (Å²) in [6.45, 7) is -0.360. The minimum absolute atomic E-state index is 0.0702. The first kappa shape index (κ1) is 19.8. The molecule has 0 spiro atoms. The maximum atomic E-state index is 13.6. The zero-order valence-electron chi connectivity index (χ0n) is 14.6. The molecule has 3 rings (SSSR count). The van der Waals surface area contributed by atoms with Crippen molar-refractivity contribution in [3.05, 3.63) is 87.7 Å². The molecule has 0 unspecified atom stereocenters. The van der Waals surface area contributed by atoms with Crippen molar-refractivity contribution in [2.24, 2.45) is 0 Å². The summed E-state index contributed by atoms with van der Waals surface area (Å²) in [4.78, 5) is 24.7. The highest BCUT2D eigenvalue weighted by atomic mass is 127. The van der Waals surface area contributed by atoms with Crippen molar-refractivity contribution in [2.45, 2.75) is 0 Å². The van der Waals surface area contributed by atoms with E-state index in [0.29, 0.717) is 11.3 Å². The van der Waals surface area contributed by atoms with E-state index in [0.717, 1.165) is 3.57 Å². The molecule has 142 valence electrons. The minimum atomic E-state index is -0.534. The van der Waals surface area contributed by atoms with E-state index in [1.165, 1.54) is 18.2 Å². The first-order valence-electron chi connectivity index (χ1n) is 8.36. The van der Waals surface area contributed by atoms with Gasteiger partial charge in [-0.05, 0) is 59.0 Å². The van der Waals surface area contributed by atoms with E-state index in [1.807, 2.05) is 18.2 Å². The Morgan fingerprint density at radius 2 is 1.50 bits per heavy atom. The van der Waals surface area contributed by atoms with Crippen LogP contribution in [0.3, 0.4) is 0 Å². The normalized spacial score (nSPS) is 10.2. The van der Waals surface area contributed by atoms with Gasteiger partial charge in [0.15, 0.2) is 6.61 Å². The maximum absolute atomic E-state index is 13.6. The lowest BCUT2D eigenvalue weighted by Crippen LogP contribution is -2.22. The summed E-state index contributed by atoms with van der Waals surface area (Å²) in [5, 5.41) is 5.26. The number of ether oxygens (including phenoxy) is 1. The molecule has 0 fully saturated rings. The van der Waals surface area contributed by atoms with Crippen LogP contribution in [0.1, 0.15) is 10.4 Å². The number of hydrogen-bond acceptors (Lipinski definition) is 3. The van der Waals surface area contributed by atoms with Crippen LogP contribution in [0.25, 0.3) is 0 Å². The molecule has 0 aromatic heterocycles. The largest absolute Gasteiger partial charge is 0.483 e. The average molecular weight is 490 g/mol. The third-order valence-electron chi connectivity index (χ3n) is 3.76. The van der Waals surface area contributed by atoms with Crippen molar-refractivity contribution in [1.29, 1.82) is 0 Å². The smallest absolute Gasteiger partial charge is 0.262 e. The molecule has 0 heterocycles. The number of hydrogen-bond donors (Lipinski definition) is 2. The fourth-order valence-electron chi connectivity index (χ4n) is 2.42. The van der Waals surface area contributed by atoms with Gasteiger partial charge < -0.3 is 15.4 Å². The molecule has 0 aliphatic heterocycles. The van der Waals surface area contributed by atoms with Crippen molar-refractivity contribution in [1.82, 2.24) is 0 Å². The topological polar surface area (TPSA) is 67.4 Å². The van der Waals surface area contributed by atoms with E-state index >= 15 is 0 Å². The minimum Gasteiger partial charge on any atom is -0.483 e. The lowest BCUT2D eigenvalue weighted by molar-refractivity contribution is -0.118. The third kappa shape index (κ3) is 5.07. The molecule has 0 aliphatic carbocycles. The lowest BCUT2D eigenvalue weighted by Gasteiger charge is -2.12. The van der Waals surface area contributed by atoms with Crippen molar-refractivity contribution in [3.8, 4) is 5.75 Å². The first-order valence-corrected chi connectivity index (χ1v) is 9.44. The van der Waals surface area contributed by atoms with Crippen LogP contribution in [-0.2, 0) is 4.79 Å². The summed E-state index contributed by atoms with van der Waals surface area (Å²) in [5.74, 6) is -1.16. The number of nitrogens with one attached hydrogen (secondary N) is 2. The molecular weight excluding hydrogens is 474 g/mol. The van der Waals surface area contributed by atoms with Gasteiger partial charge >= 0.3 is 0 Å². The molecule has 5 nitrogen and oxygen atoms in total. The van der Waals surface area contributed by atoms with Gasteiger partial charge in [0, 0.05) is 3.57 Å². The summed E-state index contributed by atoms with van der Waals surface area (Å²) in [5.41, 5.74) is 1.04. The molecule has 0 saturated carbocycles. The highest BCUT2D eigenvalue weighted by Crippen LogP contribution is 2.22. The van der Waals surface area contributed by atoms with Crippen molar-refractivity contribution in [2.75, 3.05) is 17.2 Å². The van der Waals surface area contributed by atoms with E-state index in [4.69, 9.17) is 4.74 Å². The Hall–Kier alpha value is -2.94. The van der Waals surface area contributed by atoms with Gasteiger partial charge in [-0.1, -0.05) is 36.4 Å². The number of anilines is 2. The zero-order valence-corrected chi connectivity index (χ0v) is 16.8. The zero-order chi connectivity index (χ0) is 19.9. The average Bonchev–Trinajstić information content (AvgIpc) is 2.70. The predicted molar refractivity (Wildman–Crippen MR) is 114 cm³/mol. The Kier molecular flexibility index (Phi) is 6.59. The van der Waals surface area contributed by atoms with Crippen LogP contribution in [0.4, 0.5) is 15.8 Å². The van der Waals surface area contributed by atoms with Crippen LogP contribution in [0.5, 0.6) is 5.75 Å². The molecule has 0 bridgehead atoms. The summed E-state index contributed by atoms with van der Waals surface area (Å²) >= 11 is 2.13. The van der Waals surface area contributed by atoms with Crippen LogP contribution >= 0.6 is 22.6 Å². The standard InChI is InChI=1S/C21H16FIN2O3/c22-15-8-2-4-10-17(15)24-20(26)13-28-19-12-6-1-7-14(19)21(27)25-18-11-5-3-9-16(18)23/h1-12H,13H2,(H,24,26)(H,25,27). The molecule has 0 aliphatic rings. The highest BCUT2D eigenvalue weighted by molar-refractivity contribution is 14.1. The van der Waals surface area contributed by atoms with E-state index in [1.54, 1.807) is 36.4 Å². The number of halogens is 2. The summed E-state index contributed by atoms with van der Waals surface area (Å²) in [7, 11) is 0. The second-order valence-corrected chi connectivity index (χ2v) is 6.91. The van der Waals surface area contributed by atoms with Gasteiger partial charge in [-0.3, -0.25) is 9.59 Å². The van der Waals surface area contributed by atoms with E-state index in [9.17, 15) is 14.0 Å². The number of benzene rings is 3. The highest BCUT2D eigenvalue weighted by Gasteiger charge is 2.15. The Morgan fingerprint density at radius 3 is 2.25 bits per heavy atom. The van der Waals surface area contributed by atoms with Crippen molar-refractivity contribution < 1.29 is 18.7 Å². The molecule has 3 aromatic rings. The number of carbonyl (C=O) groups is 2. The van der Waals surface area contributed by atoms with Gasteiger partial charge in [0.05, 0.1) is 16.9 Å². The fourth-order valence-corrected chi connectivity index (χ4v) is 2.95. The van der Waals surface area contributed by atoms with Crippen LogP contribution in [0.15, 0.2) is 72.8 Å². The molecule has 0 atom stereocenters. The molecule has 0 saturated heterocycles. The van der Waals surface area contributed by atoms with E-state index in [2.05, 4.69) is 33.2 Å². The van der Waals surface area contributed by atoms with Crippen molar-refractivity contribution in [3.63, 3.8) is 0 Å². The monoisotopic (exact) mass is 490 g/mol. The Balaban J connectivity index is 1.67. The lowest BCUT2D eigenvalue weighted by atomic mass is 10.2. The predicted octanol–water partition coefficient (Wildman–Crippen LogP) is 4.70. The molecule has 28 heavy (non-hydrogen) atoms. The van der Waals surface area contributed by atoms with E-state index < -0.39 is 11.7 Å². The molecule has 2 N–H and O–H groups in total. The summed E-state index contributed by atoms with van der Waals surface area (Å²) in [6.07, 6.45) is 0. The van der Waals surface area contributed by atoms with Gasteiger partial charge in [0.2, 0.25) is 0 Å². The maximum Gasteiger partial charge on any atom is 0.262 e. The fraction of sp³-hybridized carbons (Fsp3) is 0.0476. The second kappa shape index (κ2) is 9.32. The van der Waals surface area contributed by atoms with Gasteiger partial charge in [-0.2, -0.15) is 0 Å². The number of rotatable bonds is 6. The molecule has 2 amide bonds. The SMILES string of the molecule is O=C(COc1ccccc1C(=O)Nc1ccccc1I)Nc1ccccc1F. The number of para-hydroxylation sites is 3. The Bertz CT molecular complexity index is 1010. The first-order chi connectivity index (χ1) is 13.5. The number of amides is 2. The Morgan fingerprint density at radius 1 is 0.857 bits per heavy atom. The van der Waals surface area contributed by atoms with Crippen LogP contribution < -0.4 is 15.4 Å². The van der Waals surface area contributed by atoms with Crippen molar-refractivity contribution >= 4 is 45.8 Å². The van der Waals surface area contributed by atoms with Crippen LogP contribution in [-0.4, -0.2) is 18.4 Å². The van der Waals surface area contributed by atoms with E-state index in [-0.39, 0.29) is 24.0 Å². The molecule has 0 radical (unpaired) electrons. The quantitative estimate of drug-likeness (QED) is 0.493. The van der Waals surface area contributed by atoms with Gasteiger partial charge in [-0.15, -0.1) is 0 Å². The van der Waals surface area contributed by atoms with Crippen LogP contribution in [0.2, 0.25) is 0 Å². The van der Waals surface area contributed by atoms with Gasteiger partial charge in [-0.25, -0.2) is 4.39 Å². The summed E-state index contributed by atoms with van der Waals surface area (Å²) < 4.78 is 20.0. The number of carbonyl (C=O) groups excluding carboxylic acids is 2.